The van der Waals surface area contributed by atoms with Gasteiger partial charge < -0.3 is 5.11 Å². The van der Waals surface area contributed by atoms with Gasteiger partial charge in [-0.1, -0.05) is 0 Å². The Kier molecular flexibility index (Phi) is 2.12. The van der Waals surface area contributed by atoms with Crippen LogP contribution in [-0.2, 0) is 5.88 Å². The summed E-state index contributed by atoms with van der Waals surface area (Å²) < 4.78 is 0. The molecule has 0 amide bonds. The molecule has 0 saturated heterocycles. The van der Waals surface area contributed by atoms with E-state index in [1.165, 1.54) is 6.20 Å². The summed E-state index contributed by atoms with van der Waals surface area (Å²) >= 11 is 5.55. The Bertz CT molecular complexity index is 237. The molecule has 0 aliphatic heterocycles. The van der Waals surface area contributed by atoms with Crippen LogP contribution < -0.4 is 0 Å². The van der Waals surface area contributed by atoms with Crippen molar-refractivity contribution in [3.63, 3.8) is 0 Å². The molecule has 1 aromatic rings. The van der Waals surface area contributed by atoms with Crippen LogP contribution in [0.15, 0.2) is 12.3 Å². The molecule has 0 aliphatic carbocycles. The van der Waals surface area contributed by atoms with Crippen molar-refractivity contribution in [2.24, 2.45) is 0 Å². The highest BCUT2D eigenvalue weighted by atomic mass is 35.5. The normalized spacial score (nSPS) is 9.80. The summed E-state index contributed by atoms with van der Waals surface area (Å²) in [6, 6.07) is 1.62. The molecule has 54 valence electrons. The maximum Gasteiger partial charge on any atom is 0.134 e. The molecule has 1 heterocycles. The predicted octanol–water partition coefficient (Wildman–Crippen LogP) is 1.83. The Labute approximate surface area is 64.5 Å². The van der Waals surface area contributed by atoms with Crippen molar-refractivity contribution in [3.05, 3.63) is 23.5 Å². The quantitative estimate of drug-likeness (QED) is 0.631. The molecule has 0 fully saturated rings. The molecule has 2 nitrogen and oxygen atoms in total. The van der Waals surface area contributed by atoms with Crippen LogP contribution in [0.4, 0.5) is 0 Å². The first-order chi connectivity index (χ1) is 4.74. The number of nitrogens with zero attached hydrogens (tertiary/aromatic N) is 1. The number of hydrogen-bond acceptors (Lipinski definition) is 2. The topological polar surface area (TPSA) is 33.1 Å². The van der Waals surface area contributed by atoms with E-state index >= 15 is 0 Å². The summed E-state index contributed by atoms with van der Waals surface area (Å²) in [5.74, 6) is 0.564. The van der Waals surface area contributed by atoms with Crippen molar-refractivity contribution in [1.29, 1.82) is 0 Å². The Morgan fingerprint density at radius 2 is 2.40 bits per heavy atom. The molecule has 0 aromatic carbocycles. The van der Waals surface area contributed by atoms with Crippen LogP contribution in [0.3, 0.4) is 0 Å². The number of rotatable bonds is 1. The Morgan fingerprint density at radius 3 is 2.90 bits per heavy atom. The van der Waals surface area contributed by atoms with Crippen molar-refractivity contribution in [2.75, 3.05) is 0 Å². The van der Waals surface area contributed by atoms with Crippen LogP contribution in [-0.4, -0.2) is 10.1 Å². The van der Waals surface area contributed by atoms with E-state index in [1.807, 2.05) is 6.92 Å². The molecule has 0 saturated carbocycles. The average molecular weight is 158 g/mol. The number of halogens is 1. The van der Waals surface area contributed by atoms with E-state index in [4.69, 9.17) is 16.7 Å². The summed E-state index contributed by atoms with van der Waals surface area (Å²) in [6.45, 7) is 1.86. The van der Waals surface area contributed by atoms with Crippen LogP contribution in [0.2, 0.25) is 0 Å². The van der Waals surface area contributed by atoms with E-state index in [9.17, 15) is 0 Å². The fraction of sp³-hybridized carbons (Fsp3) is 0.286. The van der Waals surface area contributed by atoms with E-state index in [1.54, 1.807) is 6.07 Å². The molecule has 10 heavy (non-hydrogen) atoms. The molecular weight excluding hydrogens is 150 g/mol. The summed E-state index contributed by atoms with van der Waals surface area (Å²) in [4.78, 5) is 3.92. The largest absolute Gasteiger partial charge is 0.506 e. The standard InChI is InChI=1S/C7H8ClNO/c1-5-6(3-8)2-7(10)4-9-5/h2,4,10H,3H2,1H3. The molecular formula is C7H8ClNO. The first-order valence-electron chi connectivity index (χ1n) is 2.94. The van der Waals surface area contributed by atoms with E-state index < -0.39 is 0 Å². The van der Waals surface area contributed by atoms with Gasteiger partial charge in [0.1, 0.15) is 5.75 Å². The Hall–Kier alpha value is -0.760. The SMILES string of the molecule is Cc1ncc(O)cc1CCl. The van der Waals surface area contributed by atoms with Crippen molar-refractivity contribution in [3.8, 4) is 5.75 Å². The third kappa shape index (κ3) is 1.39. The smallest absolute Gasteiger partial charge is 0.134 e. The summed E-state index contributed by atoms with van der Waals surface area (Å²) in [7, 11) is 0. The highest BCUT2D eigenvalue weighted by Crippen LogP contribution is 2.14. The molecule has 0 radical (unpaired) electrons. The molecule has 0 unspecified atom stereocenters. The second kappa shape index (κ2) is 2.88. The molecule has 0 spiro atoms. The lowest BCUT2D eigenvalue weighted by atomic mass is 10.2. The molecule has 1 rings (SSSR count). The lowest BCUT2D eigenvalue weighted by Gasteiger charge is -1.99. The van der Waals surface area contributed by atoms with Gasteiger partial charge >= 0.3 is 0 Å². The van der Waals surface area contributed by atoms with Gasteiger partial charge in [-0.25, -0.2) is 0 Å². The van der Waals surface area contributed by atoms with Gasteiger partial charge in [-0.3, -0.25) is 4.98 Å². The second-order valence-corrected chi connectivity index (χ2v) is 2.34. The summed E-state index contributed by atoms with van der Waals surface area (Å²) in [5.41, 5.74) is 1.74. The van der Waals surface area contributed by atoms with Crippen LogP contribution in [0.5, 0.6) is 5.75 Å². The molecule has 0 atom stereocenters. The van der Waals surface area contributed by atoms with Gasteiger partial charge in [-0.15, -0.1) is 11.6 Å². The van der Waals surface area contributed by atoms with Gasteiger partial charge in [-0.05, 0) is 18.6 Å². The number of aromatic hydroxyl groups is 1. The highest BCUT2D eigenvalue weighted by Gasteiger charge is 1.97. The van der Waals surface area contributed by atoms with Crippen LogP contribution >= 0.6 is 11.6 Å². The van der Waals surface area contributed by atoms with Crippen molar-refractivity contribution in [1.82, 2.24) is 4.98 Å². The third-order valence-electron chi connectivity index (χ3n) is 1.32. The van der Waals surface area contributed by atoms with Crippen molar-refractivity contribution < 1.29 is 5.11 Å². The van der Waals surface area contributed by atoms with Crippen molar-refractivity contribution >= 4 is 11.6 Å². The summed E-state index contributed by atoms with van der Waals surface area (Å²) in [5, 5.41) is 8.95. The fourth-order valence-corrected chi connectivity index (χ4v) is 0.972. The number of aryl methyl sites for hydroxylation is 1. The van der Waals surface area contributed by atoms with Crippen molar-refractivity contribution in [2.45, 2.75) is 12.8 Å². The third-order valence-corrected chi connectivity index (χ3v) is 1.61. The van der Waals surface area contributed by atoms with E-state index in [0.717, 1.165) is 11.3 Å². The molecule has 0 bridgehead atoms. The van der Waals surface area contributed by atoms with Gasteiger partial charge in [0.05, 0.1) is 6.20 Å². The van der Waals surface area contributed by atoms with Crippen LogP contribution in [0, 0.1) is 6.92 Å². The minimum atomic E-state index is 0.168. The Balaban J connectivity index is 3.09. The first kappa shape index (κ1) is 7.35. The lowest BCUT2D eigenvalue weighted by Crippen LogP contribution is -1.87. The average Bonchev–Trinajstić information content (AvgIpc) is 1.94. The van der Waals surface area contributed by atoms with Gasteiger partial charge in [0, 0.05) is 11.6 Å². The monoisotopic (exact) mass is 157 g/mol. The lowest BCUT2D eigenvalue weighted by molar-refractivity contribution is 0.471. The van der Waals surface area contributed by atoms with Gasteiger partial charge in [-0.2, -0.15) is 0 Å². The van der Waals surface area contributed by atoms with E-state index in [0.29, 0.717) is 5.88 Å². The molecule has 1 N–H and O–H groups in total. The fourth-order valence-electron chi connectivity index (χ4n) is 0.701. The van der Waals surface area contributed by atoms with E-state index in [-0.39, 0.29) is 5.75 Å². The van der Waals surface area contributed by atoms with Gasteiger partial charge in [0.2, 0.25) is 0 Å². The van der Waals surface area contributed by atoms with E-state index in [2.05, 4.69) is 4.98 Å². The van der Waals surface area contributed by atoms with Crippen LogP contribution in [0.1, 0.15) is 11.3 Å². The van der Waals surface area contributed by atoms with Gasteiger partial charge in [0.15, 0.2) is 0 Å². The maximum absolute atomic E-state index is 8.95. The van der Waals surface area contributed by atoms with Crippen LogP contribution in [0.25, 0.3) is 0 Å². The maximum atomic E-state index is 8.95. The highest BCUT2D eigenvalue weighted by molar-refractivity contribution is 6.17. The zero-order valence-electron chi connectivity index (χ0n) is 5.63. The minimum absolute atomic E-state index is 0.168. The molecule has 0 aliphatic rings. The number of aromatic nitrogens is 1. The predicted molar refractivity (Wildman–Crippen MR) is 40.2 cm³/mol. The minimum Gasteiger partial charge on any atom is -0.506 e. The zero-order chi connectivity index (χ0) is 7.56. The first-order valence-corrected chi connectivity index (χ1v) is 3.48. The number of pyridine rings is 1. The molecule has 3 heteroatoms. The molecule has 1 aromatic heterocycles. The zero-order valence-corrected chi connectivity index (χ0v) is 6.39. The Morgan fingerprint density at radius 1 is 1.70 bits per heavy atom. The second-order valence-electron chi connectivity index (χ2n) is 2.07. The van der Waals surface area contributed by atoms with Gasteiger partial charge in [0.25, 0.3) is 0 Å². The number of alkyl halides is 1. The number of hydrogen-bond donors (Lipinski definition) is 1. The summed E-state index contributed by atoms with van der Waals surface area (Å²) in [6.07, 6.45) is 1.41.